The smallest absolute Gasteiger partial charge is 0.241 e. The molecule has 1 aromatic heterocycles. The van der Waals surface area contributed by atoms with Crippen molar-refractivity contribution in [1.29, 1.82) is 0 Å². The summed E-state index contributed by atoms with van der Waals surface area (Å²) in [6.45, 7) is 3.86. The number of nitrogens with two attached hydrogens (primary N) is 1. The molecule has 1 amide bonds. The van der Waals surface area contributed by atoms with Crippen LogP contribution in [0.4, 0.5) is 5.69 Å². The van der Waals surface area contributed by atoms with Crippen molar-refractivity contribution in [3.8, 4) is 0 Å². The van der Waals surface area contributed by atoms with Gasteiger partial charge in [-0.25, -0.2) is 4.98 Å². The molecule has 0 fully saturated rings. The first kappa shape index (κ1) is 12.9. The summed E-state index contributed by atoms with van der Waals surface area (Å²) in [5, 5.41) is 2.96. The molecule has 3 N–H and O–H groups in total. The molecule has 0 saturated heterocycles. The number of anilines is 1. The summed E-state index contributed by atoms with van der Waals surface area (Å²) in [5.74, 6) is -0.226. The lowest BCUT2D eigenvalue weighted by molar-refractivity contribution is -0.117. The Balaban J connectivity index is 2.72. The molecule has 88 valence electrons. The zero-order chi connectivity index (χ0) is 12.1. The molecule has 1 heterocycles. The quantitative estimate of drug-likeness (QED) is 0.794. The summed E-state index contributed by atoms with van der Waals surface area (Å²) in [5.41, 5.74) is 7.13. The van der Waals surface area contributed by atoms with Gasteiger partial charge in [-0.1, -0.05) is 24.9 Å². The SMILES string of the molecule is CCCC(N)C(=O)Nc1cc(C)cnc1Cl. The van der Waals surface area contributed by atoms with Crippen LogP contribution in [0.3, 0.4) is 0 Å². The Bertz CT molecular complexity index is 381. The number of aryl methyl sites for hydroxylation is 1. The Morgan fingerprint density at radius 3 is 3.00 bits per heavy atom. The summed E-state index contributed by atoms with van der Waals surface area (Å²) in [7, 11) is 0. The highest BCUT2D eigenvalue weighted by Gasteiger charge is 2.14. The Morgan fingerprint density at radius 1 is 1.69 bits per heavy atom. The van der Waals surface area contributed by atoms with Crippen molar-refractivity contribution < 1.29 is 4.79 Å². The summed E-state index contributed by atoms with van der Waals surface area (Å²) < 4.78 is 0. The molecule has 0 aliphatic carbocycles. The molecule has 0 aromatic carbocycles. The number of carbonyl (C=O) groups is 1. The van der Waals surface area contributed by atoms with E-state index in [9.17, 15) is 4.79 Å². The number of halogens is 1. The van der Waals surface area contributed by atoms with Crippen LogP contribution in [0.2, 0.25) is 5.15 Å². The number of aromatic nitrogens is 1. The van der Waals surface area contributed by atoms with Crippen LogP contribution < -0.4 is 11.1 Å². The highest BCUT2D eigenvalue weighted by molar-refractivity contribution is 6.32. The number of carbonyl (C=O) groups excluding carboxylic acids is 1. The lowest BCUT2D eigenvalue weighted by Gasteiger charge is -2.12. The number of rotatable bonds is 4. The molecule has 1 unspecified atom stereocenters. The Hall–Kier alpha value is -1.13. The summed E-state index contributed by atoms with van der Waals surface area (Å²) in [4.78, 5) is 15.6. The van der Waals surface area contributed by atoms with E-state index in [0.29, 0.717) is 12.1 Å². The van der Waals surface area contributed by atoms with E-state index in [0.717, 1.165) is 12.0 Å². The van der Waals surface area contributed by atoms with E-state index in [4.69, 9.17) is 17.3 Å². The van der Waals surface area contributed by atoms with Gasteiger partial charge in [0.05, 0.1) is 11.7 Å². The van der Waals surface area contributed by atoms with Gasteiger partial charge in [0.15, 0.2) is 5.15 Å². The minimum atomic E-state index is -0.499. The van der Waals surface area contributed by atoms with Gasteiger partial charge < -0.3 is 11.1 Å². The first-order valence-electron chi connectivity index (χ1n) is 5.23. The van der Waals surface area contributed by atoms with Gasteiger partial charge in [-0.15, -0.1) is 0 Å². The van der Waals surface area contributed by atoms with Gasteiger partial charge in [0.1, 0.15) is 0 Å². The van der Waals surface area contributed by atoms with Crippen LogP contribution >= 0.6 is 11.6 Å². The van der Waals surface area contributed by atoms with Gasteiger partial charge in [0, 0.05) is 6.20 Å². The zero-order valence-corrected chi connectivity index (χ0v) is 10.2. The Labute approximate surface area is 100 Å². The molecular formula is C11H16ClN3O. The second-order valence-corrected chi connectivity index (χ2v) is 4.09. The van der Waals surface area contributed by atoms with Gasteiger partial charge in [0.25, 0.3) is 0 Å². The number of nitrogens with one attached hydrogen (secondary N) is 1. The monoisotopic (exact) mass is 241 g/mol. The second-order valence-electron chi connectivity index (χ2n) is 3.74. The van der Waals surface area contributed by atoms with E-state index in [-0.39, 0.29) is 11.1 Å². The molecule has 0 aliphatic rings. The average molecular weight is 242 g/mol. The fourth-order valence-corrected chi connectivity index (χ4v) is 1.46. The zero-order valence-electron chi connectivity index (χ0n) is 9.46. The van der Waals surface area contributed by atoms with Crippen molar-refractivity contribution in [2.24, 2.45) is 5.73 Å². The van der Waals surface area contributed by atoms with Gasteiger partial charge >= 0.3 is 0 Å². The van der Waals surface area contributed by atoms with E-state index in [1.807, 2.05) is 13.8 Å². The maximum atomic E-state index is 11.6. The molecule has 0 bridgehead atoms. The van der Waals surface area contributed by atoms with Gasteiger partial charge in [0.2, 0.25) is 5.91 Å². The average Bonchev–Trinajstić information content (AvgIpc) is 2.23. The van der Waals surface area contributed by atoms with Gasteiger partial charge in [-0.3, -0.25) is 4.79 Å². The molecule has 1 aromatic rings. The predicted molar refractivity (Wildman–Crippen MR) is 65.5 cm³/mol. The van der Waals surface area contributed by atoms with Crippen molar-refractivity contribution in [3.63, 3.8) is 0 Å². The van der Waals surface area contributed by atoms with Crippen LogP contribution in [0.1, 0.15) is 25.3 Å². The number of nitrogens with zero attached hydrogens (tertiary/aromatic N) is 1. The van der Waals surface area contributed by atoms with Crippen LogP contribution in [-0.2, 0) is 4.79 Å². The van der Waals surface area contributed by atoms with Crippen molar-refractivity contribution >= 4 is 23.2 Å². The Morgan fingerprint density at radius 2 is 2.38 bits per heavy atom. The number of pyridine rings is 1. The molecule has 0 aliphatic heterocycles. The van der Waals surface area contributed by atoms with Gasteiger partial charge in [-0.05, 0) is 25.0 Å². The topological polar surface area (TPSA) is 68.0 Å². The number of amides is 1. The van der Waals surface area contributed by atoms with Gasteiger partial charge in [-0.2, -0.15) is 0 Å². The third kappa shape index (κ3) is 3.47. The maximum absolute atomic E-state index is 11.6. The van der Waals surface area contributed by atoms with Crippen LogP contribution in [-0.4, -0.2) is 16.9 Å². The maximum Gasteiger partial charge on any atom is 0.241 e. The third-order valence-electron chi connectivity index (χ3n) is 2.17. The molecule has 0 radical (unpaired) electrons. The van der Waals surface area contributed by atoms with E-state index >= 15 is 0 Å². The third-order valence-corrected chi connectivity index (χ3v) is 2.47. The molecular weight excluding hydrogens is 226 g/mol. The highest BCUT2D eigenvalue weighted by Crippen LogP contribution is 2.19. The van der Waals surface area contributed by atoms with E-state index in [1.54, 1.807) is 12.3 Å². The molecule has 1 rings (SSSR count). The summed E-state index contributed by atoms with van der Waals surface area (Å²) in [6.07, 6.45) is 3.17. The summed E-state index contributed by atoms with van der Waals surface area (Å²) in [6, 6.07) is 1.27. The van der Waals surface area contributed by atoms with Crippen LogP contribution in [0.25, 0.3) is 0 Å². The molecule has 5 heteroatoms. The van der Waals surface area contributed by atoms with Crippen LogP contribution in [0.5, 0.6) is 0 Å². The van der Waals surface area contributed by atoms with Crippen molar-refractivity contribution in [2.45, 2.75) is 32.7 Å². The van der Waals surface area contributed by atoms with Crippen LogP contribution in [0.15, 0.2) is 12.3 Å². The van der Waals surface area contributed by atoms with E-state index < -0.39 is 6.04 Å². The fraction of sp³-hybridized carbons (Fsp3) is 0.455. The standard InChI is InChI=1S/C11H16ClN3O/c1-3-4-8(13)11(16)15-9-5-7(2)6-14-10(9)12/h5-6,8H,3-4,13H2,1-2H3,(H,15,16). The molecule has 1 atom stereocenters. The highest BCUT2D eigenvalue weighted by atomic mass is 35.5. The minimum absolute atomic E-state index is 0.226. The second kappa shape index (κ2) is 5.82. The predicted octanol–water partition coefficient (Wildman–Crippen LogP) is 2.11. The molecule has 4 nitrogen and oxygen atoms in total. The Kier molecular flexibility index (Phi) is 4.71. The van der Waals surface area contributed by atoms with E-state index in [1.165, 1.54) is 0 Å². The number of hydrogen-bond acceptors (Lipinski definition) is 3. The number of hydrogen-bond donors (Lipinski definition) is 2. The molecule has 0 saturated carbocycles. The first-order chi connectivity index (χ1) is 7.54. The van der Waals surface area contributed by atoms with Crippen molar-refractivity contribution in [3.05, 3.63) is 23.0 Å². The fourth-order valence-electron chi connectivity index (χ4n) is 1.31. The first-order valence-corrected chi connectivity index (χ1v) is 5.61. The lowest BCUT2D eigenvalue weighted by atomic mass is 10.1. The summed E-state index contributed by atoms with van der Waals surface area (Å²) >= 11 is 5.86. The minimum Gasteiger partial charge on any atom is -0.322 e. The largest absolute Gasteiger partial charge is 0.322 e. The molecule has 0 spiro atoms. The normalized spacial score (nSPS) is 12.2. The van der Waals surface area contributed by atoms with Crippen molar-refractivity contribution in [2.75, 3.05) is 5.32 Å². The molecule has 16 heavy (non-hydrogen) atoms. The lowest BCUT2D eigenvalue weighted by Crippen LogP contribution is -2.35. The van der Waals surface area contributed by atoms with Crippen LogP contribution in [0, 0.1) is 6.92 Å². The van der Waals surface area contributed by atoms with Crippen molar-refractivity contribution in [1.82, 2.24) is 4.98 Å². The van der Waals surface area contributed by atoms with E-state index in [2.05, 4.69) is 10.3 Å².